The van der Waals surface area contributed by atoms with Gasteiger partial charge in [-0.2, -0.15) is 21.6 Å². The molecular weight excluding hydrogens is 655 g/mol. The van der Waals surface area contributed by atoms with Crippen LogP contribution in [0.4, 0.5) is 18.9 Å². The van der Waals surface area contributed by atoms with Crippen molar-refractivity contribution in [3.05, 3.63) is 125 Å². The van der Waals surface area contributed by atoms with E-state index >= 15 is 0 Å². The maximum absolute atomic E-state index is 13.8. The minimum Gasteiger partial charge on any atom is -0.456 e. The van der Waals surface area contributed by atoms with Crippen molar-refractivity contribution in [2.24, 2.45) is 0 Å². The second-order valence-corrected chi connectivity index (χ2v) is 14.6. The Balaban J connectivity index is 1.33. The third-order valence-corrected chi connectivity index (χ3v) is 9.10. The Morgan fingerprint density at radius 1 is 0.837 bits per heavy atom. The predicted octanol–water partition coefficient (Wildman–Crippen LogP) is 9.23. The van der Waals surface area contributed by atoms with Gasteiger partial charge in [-0.05, 0) is 83.5 Å². The number of hydrogen-bond donors (Lipinski definition) is 2. The van der Waals surface area contributed by atoms with Gasteiger partial charge in [-0.15, -0.1) is 0 Å². The largest absolute Gasteiger partial charge is 0.456 e. The Hall–Kier alpha value is -4.74. The fourth-order valence-corrected chi connectivity index (χ4v) is 6.02. The van der Waals surface area contributed by atoms with Gasteiger partial charge in [0.15, 0.2) is 5.78 Å². The number of amides is 1. The number of nitrogens with one attached hydrogen (secondary N) is 1. The molecule has 0 aliphatic rings. The third-order valence-electron chi connectivity index (χ3n) is 8.30. The van der Waals surface area contributed by atoms with Crippen molar-refractivity contribution in [1.29, 1.82) is 0 Å². The van der Waals surface area contributed by atoms with E-state index in [-0.39, 0.29) is 29.9 Å². The fourth-order valence-electron chi connectivity index (χ4n) is 5.51. The molecule has 0 aliphatic carbocycles. The van der Waals surface area contributed by atoms with E-state index in [1.165, 1.54) is 6.07 Å². The molecule has 49 heavy (non-hydrogen) atoms. The molecule has 1 heterocycles. The van der Waals surface area contributed by atoms with Gasteiger partial charge in [-0.1, -0.05) is 69.3 Å². The molecule has 1 unspecified atom stereocenters. The van der Waals surface area contributed by atoms with Crippen LogP contribution in [0, 0.1) is 0 Å². The van der Waals surface area contributed by atoms with Gasteiger partial charge < -0.3 is 9.73 Å². The predicted molar refractivity (Wildman–Crippen MR) is 183 cm³/mol. The summed E-state index contributed by atoms with van der Waals surface area (Å²) < 4.78 is 76.1. The number of hydrogen-bond acceptors (Lipinski definition) is 5. The summed E-state index contributed by atoms with van der Waals surface area (Å²) >= 11 is 0. The minimum atomic E-state index is -4.46. The zero-order valence-electron chi connectivity index (χ0n) is 27.2. The molecule has 4 aromatic carbocycles. The molecule has 0 bridgehead atoms. The molecular formula is C38H36F3NO6S. The van der Waals surface area contributed by atoms with Crippen LogP contribution in [0.5, 0.6) is 0 Å². The minimum absolute atomic E-state index is 0.00821. The normalized spacial score (nSPS) is 13.0. The molecule has 256 valence electrons. The molecule has 1 atom stereocenters. The molecule has 5 aromatic rings. The average molecular weight is 692 g/mol. The Morgan fingerprint density at radius 3 is 2.06 bits per heavy atom. The molecule has 0 saturated carbocycles. The van der Waals surface area contributed by atoms with Crippen LogP contribution < -0.4 is 5.32 Å². The first kappa shape index (κ1) is 35.6. The molecule has 2 N–H and O–H groups in total. The summed E-state index contributed by atoms with van der Waals surface area (Å²) in [6.07, 6.45) is -4.15. The smallest absolute Gasteiger partial charge is 0.416 e. The van der Waals surface area contributed by atoms with Crippen LogP contribution >= 0.6 is 0 Å². The number of alkyl halides is 3. The molecule has 5 rings (SSSR count). The van der Waals surface area contributed by atoms with Crippen LogP contribution in [0.25, 0.3) is 22.3 Å². The SMILES string of the molecule is CC(C)(C)c1ccc(C(Cc2ccc(C(=O)CCCS(=O)(=O)O)cc2)C(=O)Nc2ccc(-c3cc4cc(C(F)(F)F)ccc4o3)cc2)cc1. The molecule has 0 fully saturated rings. The van der Waals surface area contributed by atoms with E-state index in [2.05, 4.69) is 26.1 Å². The standard InChI is InChI=1S/C38H36F3NO6S/c1-37(2,3)29-14-10-25(11-15-29)32(21-24-6-8-26(9-7-24)33(43)5-4-20-49(45,46)47)36(44)42-31-17-12-27(13-18-31)35-23-28-22-30(38(39,40)41)16-19-34(28)48-35/h6-19,22-23,32H,4-5,20-21H2,1-3H3,(H,42,44)(H,45,46,47). The highest BCUT2D eigenvalue weighted by atomic mass is 32.2. The molecule has 1 aromatic heterocycles. The van der Waals surface area contributed by atoms with Crippen molar-refractivity contribution in [2.45, 2.75) is 57.5 Å². The van der Waals surface area contributed by atoms with Crippen LogP contribution in [-0.4, -0.2) is 30.4 Å². The molecule has 0 aliphatic heterocycles. The first-order chi connectivity index (χ1) is 23.0. The number of Topliss-reactive ketones (excluding diaryl/α,β-unsaturated/α-hetero) is 1. The van der Waals surface area contributed by atoms with Gasteiger partial charge in [0.05, 0.1) is 17.2 Å². The summed E-state index contributed by atoms with van der Waals surface area (Å²) in [6.45, 7) is 6.31. The summed E-state index contributed by atoms with van der Waals surface area (Å²) in [5.41, 5.74) is 3.76. The summed E-state index contributed by atoms with van der Waals surface area (Å²) in [5.74, 6) is -1.20. The van der Waals surface area contributed by atoms with E-state index in [0.717, 1.165) is 28.8 Å². The summed E-state index contributed by atoms with van der Waals surface area (Å²) in [7, 11) is -4.14. The summed E-state index contributed by atoms with van der Waals surface area (Å²) in [5, 5.41) is 3.31. The number of ketones is 1. The first-order valence-electron chi connectivity index (χ1n) is 15.7. The van der Waals surface area contributed by atoms with Crippen molar-refractivity contribution >= 4 is 38.5 Å². The number of carbonyl (C=O) groups excluding carboxylic acids is 2. The van der Waals surface area contributed by atoms with Gasteiger partial charge in [0.2, 0.25) is 5.91 Å². The van der Waals surface area contributed by atoms with E-state index in [0.29, 0.717) is 40.0 Å². The average Bonchev–Trinajstić information content (AvgIpc) is 3.46. The van der Waals surface area contributed by atoms with Crippen LogP contribution in [0.2, 0.25) is 0 Å². The Morgan fingerprint density at radius 2 is 1.47 bits per heavy atom. The molecule has 0 spiro atoms. The molecule has 1 amide bonds. The second-order valence-electron chi connectivity index (χ2n) is 13.1. The molecule has 0 radical (unpaired) electrons. The van der Waals surface area contributed by atoms with Crippen molar-refractivity contribution in [2.75, 3.05) is 11.1 Å². The van der Waals surface area contributed by atoms with Crippen molar-refractivity contribution < 1.29 is 40.1 Å². The van der Waals surface area contributed by atoms with Crippen molar-refractivity contribution in [1.82, 2.24) is 0 Å². The number of rotatable bonds is 11. The highest BCUT2D eigenvalue weighted by Crippen LogP contribution is 2.35. The summed E-state index contributed by atoms with van der Waals surface area (Å²) in [6, 6.07) is 26.4. The van der Waals surface area contributed by atoms with Crippen molar-refractivity contribution in [3.63, 3.8) is 0 Å². The molecule has 0 saturated heterocycles. The zero-order chi connectivity index (χ0) is 35.6. The quantitative estimate of drug-likeness (QED) is 0.105. The number of fused-ring (bicyclic) bond motifs is 1. The zero-order valence-corrected chi connectivity index (χ0v) is 28.0. The van der Waals surface area contributed by atoms with E-state index < -0.39 is 33.5 Å². The highest BCUT2D eigenvalue weighted by molar-refractivity contribution is 7.85. The second kappa shape index (κ2) is 14.0. The number of anilines is 1. The van der Waals surface area contributed by atoms with Crippen LogP contribution in [0.3, 0.4) is 0 Å². The van der Waals surface area contributed by atoms with Crippen LogP contribution in [0.1, 0.15) is 72.1 Å². The maximum atomic E-state index is 13.8. The van der Waals surface area contributed by atoms with Crippen LogP contribution in [-0.2, 0) is 32.9 Å². The topological polar surface area (TPSA) is 114 Å². The first-order valence-corrected chi connectivity index (χ1v) is 17.3. The summed E-state index contributed by atoms with van der Waals surface area (Å²) in [4.78, 5) is 26.3. The lowest BCUT2D eigenvalue weighted by Gasteiger charge is -2.22. The van der Waals surface area contributed by atoms with Gasteiger partial charge in [-0.25, -0.2) is 0 Å². The van der Waals surface area contributed by atoms with Gasteiger partial charge in [0.1, 0.15) is 11.3 Å². The van der Waals surface area contributed by atoms with Gasteiger partial charge in [0, 0.05) is 28.6 Å². The molecule has 11 heteroatoms. The number of halogens is 3. The van der Waals surface area contributed by atoms with Crippen LogP contribution in [0.15, 0.2) is 101 Å². The lowest BCUT2D eigenvalue weighted by Crippen LogP contribution is -2.23. The van der Waals surface area contributed by atoms with Gasteiger partial charge in [-0.3, -0.25) is 14.1 Å². The fraction of sp³-hybridized carbons (Fsp3) is 0.263. The lowest BCUT2D eigenvalue weighted by molar-refractivity contribution is -0.137. The number of furan rings is 1. The van der Waals surface area contributed by atoms with E-state index in [4.69, 9.17) is 8.97 Å². The number of benzene rings is 4. The van der Waals surface area contributed by atoms with Crippen molar-refractivity contribution in [3.8, 4) is 11.3 Å². The Bertz CT molecular complexity index is 2060. The third kappa shape index (κ3) is 9.24. The highest BCUT2D eigenvalue weighted by Gasteiger charge is 2.31. The van der Waals surface area contributed by atoms with E-state index in [1.54, 1.807) is 54.6 Å². The maximum Gasteiger partial charge on any atom is 0.416 e. The van der Waals surface area contributed by atoms with Gasteiger partial charge >= 0.3 is 6.18 Å². The number of carbonyl (C=O) groups is 2. The monoisotopic (exact) mass is 691 g/mol. The Labute approximate surface area is 282 Å². The van der Waals surface area contributed by atoms with E-state index in [9.17, 15) is 31.2 Å². The van der Waals surface area contributed by atoms with Gasteiger partial charge in [0.25, 0.3) is 10.1 Å². The molecule has 7 nitrogen and oxygen atoms in total. The lowest BCUT2D eigenvalue weighted by atomic mass is 9.84. The Kier molecular flexibility index (Phi) is 10.2. The van der Waals surface area contributed by atoms with E-state index in [1.807, 2.05) is 24.3 Å².